The van der Waals surface area contributed by atoms with Crippen LogP contribution in [0.15, 0.2) is 62.9 Å². The van der Waals surface area contributed by atoms with Crippen LogP contribution in [0.3, 0.4) is 0 Å². The summed E-state index contributed by atoms with van der Waals surface area (Å²) in [5.74, 6) is -1.08. The summed E-state index contributed by atoms with van der Waals surface area (Å²) in [5, 5.41) is 16.6. The standard InChI is InChI=1S/C16H12BrN3O4S/c1-10-15(25(23,24)14-7-3-5-12(17)9-14)18-19-20(10)13-6-2-4-11(8-13)16(21)22/h2-9H,1H3,(H,21,22). The second-order valence-corrected chi connectivity index (χ2v) is 7.99. The third-order valence-electron chi connectivity index (χ3n) is 3.55. The van der Waals surface area contributed by atoms with Gasteiger partial charge in [0.25, 0.3) is 0 Å². The number of hydrogen-bond donors (Lipinski definition) is 1. The highest BCUT2D eigenvalue weighted by atomic mass is 79.9. The number of rotatable bonds is 4. The van der Waals surface area contributed by atoms with Gasteiger partial charge in [0.2, 0.25) is 14.9 Å². The highest BCUT2D eigenvalue weighted by Gasteiger charge is 2.26. The molecule has 25 heavy (non-hydrogen) atoms. The van der Waals surface area contributed by atoms with Crippen molar-refractivity contribution in [3.63, 3.8) is 0 Å². The summed E-state index contributed by atoms with van der Waals surface area (Å²) in [6.07, 6.45) is 0. The van der Waals surface area contributed by atoms with E-state index in [1.54, 1.807) is 31.2 Å². The normalized spacial score (nSPS) is 11.4. The van der Waals surface area contributed by atoms with Crippen LogP contribution in [0, 0.1) is 6.92 Å². The lowest BCUT2D eigenvalue weighted by Crippen LogP contribution is -2.06. The van der Waals surface area contributed by atoms with Crippen LogP contribution >= 0.6 is 15.9 Å². The van der Waals surface area contributed by atoms with Gasteiger partial charge in [-0.25, -0.2) is 17.9 Å². The summed E-state index contributed by atoms with van der Waals surface area (Å²) in [4.78, 5) is 11.2. The van der Waals surface area contributed by atoms with Crippen molar-refractivity contribution in [1.29, 1.82) is 0 Å². The highest BCUT2D eigenvalue weighted by Crippen LogP contribution is 2.25. The maximum Gasteiger partial charge on any atom is 0.335 e. The van der Waals surface area contributed by atoms with Crippen molar-refractivity contribution in [2.45, 2.75) is 16.8 Å². The fourth-order valence-electron chi connectivity index (χ4n) is 2.33. The Balaban J connectivity index is 2.10. The van der Waals surface area contributed by atoms with E-state index < -0.39 is 15.8 Å². The quantitative estimate of drug-likeness (QED) is 0.694. The molecular formula is C16H12BrN3O4S. The molecule has 1 aromatic heterocycles. The topological polar surface area (TPSA) is 102 Å². The zero-order valence-corrected chi connectivity index (χ0v) is 15.3. The second-order valence-electron chi connectivity index (χ2n) is 5.21. The molecule has 128 valence electrons. The van der Waals surface area contributed by atoms with Crippen molar-refractivity contribution >= 4 is 31.7 Å². The number of benzene rings is 2. The number of aromatic nitrogens is 3. The fourth-order valence-corrected chi connectivity index (χ4v) is 4.26. The van der Waals surface area contributed by atoms with E-state index in [0.29, 0.717) is 15.9 Å². The van der Waals surface area contributed by atoms with Crippen molar-refractivity contribution in [3.8, 4) is 5.69 Å². The van der Waals surface area contributed by atoms with E-state index in [0.717, 1.165) is 0 Å². The molecule has 0 aliphatic heterocycles. The minimum atomic E-state index is -3.85. The lowest BCUT2D eigenvalue weighted by atomic mass is 10.2. The summed E-state index contributed by atoms with van der Waals surface area (Å²) in [5.41, 5.74) is 0.784. The van der Waals surface area contributed by atoms with Crippen molar-refractivity contribution in [1.82, 2.24) is 15.0 Å². The minimum absolute atomic E-state index is 0.0730. The molecule has 0 unspecified atom stereocenters. The number of sulfone groups is 1. The van der Waals surface area contributed by atoms with E-state index in [1.807, 2.05) is 0 Å². The molecule has 0 bridgehead atoms. The van der Waals surface area contributed by atoms with Gasteiger partial charge in [0, 0.05) is 4.47 Å². The first-order chi connectivity index (χ1) is 11.8. The first-order valence-electron chi connectivity index (χ1n) is 7.07. The number of aromatic carboxylic acids is 1. The Morgan fingerprint density at radius 2 is 1.88 bits per heavy atom. The summed E-state index contributed by atoms with van der Waals surface area (Å²) in [6.45, 7) is 1.57. The Bertz CT molecular complexity index is 1080. The van der Waals surface area contributed by atoms with Gasteiger partial charge in [-0.15, -0.1) is 5.10 Å². The van der Waals surface area contributed by atoms with E-state index in [2.05, 4.69) is 26.2 Å². The lowest BCUT2D eigenvalue weighted by Gasteiger charge is -2.06. The van der Waals surface area contributed by atoms with Gasteiger partial charge in [-0.1, -0.05) is 33.3 Å². The predicted octanol–water partition coefficient (Wildman–Crippen LogP) is 2.87. The van der Waals surface area contributed by atoms with Crippen LogP contribution in [0.25, 0.3) is 5.69 Å². The number of carbonyl (C=O) groups is 1. The van der Waals surface area contributed by atoms with Gasteiger partial charge in [0.1, 0.15) is 0 Å². The molecule has 0 aliphatic carbocycles. The summed E-state index contributed by atoms with van der Waals surface area (Å²) < 4.78 is 27.5. The van der Waals surface area contributed by atoms with Crippen LogP contribution < -0.4 is 0 Å². The molecule has 0 spiro atoms. The van der Waals surface area contributed by atoms with Gasteiger partial charge >= 0.3 is 5.97 Å². The van der Waals surface area contributed by atoms with E-state index in [9.17, 15) is 13.2 Å². The maximum atomic E-state index is 12.8. The molecule has 3 rings (SSSR count). The Morgan fingerprint density at radius 3 is 2.56 bits per heavy atom. The van der Waals surface area contributed by atoms with Gasteiger partial charge in [0.15, 0.2) is 0 Å². The molecule has 0 radical (unpaired) electrons. The van der Waals surface area contributed by atoms with Gasteiger partial charge in [-0.05, 0) is 43.3 Å². The number of carboxylic acid groups (broad SMARTS) is 1. The van der Waals surface area contributed by atoms with Crippen molar-refractivity contribution in [3.05, 3.63) is 64.3 Å². The second kappa shape index (κ2) is 6.41. The van der Waals surface area contributed by atoms with Crippen LogP contribution in [0.1, 0.15) is 16.1 Å². The number of nitrogens with zero attached hydrogens (tertiary/aromatic N) is 3. The lowest BCUT2D eigenvalue weighted by molar-refractivity contribution is 0.0697. The molecule has 0 saturated heterocycles. The summed E-state index contributed by atoms with van der Waals surface area (Å²) >= 11 is 3.25. The third-order valence-corrected chi connectivity index (χ3v) is 5.80. The Kier molecular flexibility index (Phi) is 4.44. The zero-order chi connectivity index (χ0) is 18.2. The average molecular weight is 422 g/mol. The molecule has 2 aromatic carbocycles. The van der Waals surface area contributed by atoms with Crippen molar-refractivity contribution in [2.75, 3.05) is 0 Å². The predicted molar refractivity (Wildman–Crippen MR) is 92.6 cm³/mol. The molecule has 0 fully saturated rings. The molecule has 9 heteroatoms. The zero-order valence-electron chi connectivity index (χ0n) is 12.9. The van der Waals surface area contributed by atoms with Gasteiger partial charge in [0.05, 0.1) is 21.8 Å². The molecule has 0 amide bonds. The average Bonchev–Trinajstić information content (AvgIpc) is 2.97. The number of halogens is 1. The molecule has 0 saturated carbocycles. The van der Waals surface area contributed by atoms with Crippen molar-refractivity contribution < 1.29 is 18.3 Å². The van der Waals surface area contributed by atoms with Crippen LogP contribution in [-0.4, -0.2) is 34.5 Å². The largest absolute Gasteiger partial charge is 0.478 e. The highest BCUT2D eigenvalue weighted by molar-refractivity contribution is 9.10. The molecule has 3 aromatic rings. The Hall–Kier alpha value is -2.52. The summed E-state index contributed by atoms with van der Waals surface area (Å²) in [6, 6.07) is 12.3. The van der Waals surface area contributed by atoms with Gasteiger partial charge < -0.3 is 5.11 Å². The fraction of sp³-hybridized carbons (Fsp3) is 0.0625. The number of hydrogen-bond acceptors (Lipinski definition) is 5. The molecule has 1 heterocycles. The van der Waals surface area contributed by atoms with E-state index in [1.165, 1.54) is 28.9 Å². The molecule has 0 aliphatic rings. The van der Waals surface area contributed by atoms with E-state index >= 15 is 0 Å². The molecule has 0 atom stereocenters. The first-order valence-corrected chi connectivity index (χ1v) is 9.35. The van der Waals surface area contributed by atoms with E-state index in [4.69, 9.17) is 5.11 Å². The summed E-state index contributed by atoms with van der Waals surface area (Å²) in [7, 11) is -3.85. The third kappa shape index (κ3) is 3.20. The Morgan fingerprint density at radius 1 is 1.16 bits per heavy atom. The Labute approximate surface area is 152 Å². The van der Waals surface area contributed by atoms with E-state index in [-0.39, 0.29) is 15.5 Å². The molecule has 1 N–H and O–H groups in total. The minimum Gasteiger partial charge on any atom is -0.478 e. The maximum absolute atomic E-state index is 12.8. The monoisotopic (exact) mass is 421 g/mol. The number of carboxylic acids is 1. The smallest absolute Gasteiger partial charge is 0.335 e. The molecular weight excluding hydrogens is 410 g/mol. The van der Waals surface area contributed by atoms with Crippen LogP contribution in [0.2, 0.25) is 0 Å². The first kappa shape index (κ1) is 17.3. The van der Waals surface area contributed by atoms with Crippen LogP contribution in [0.5, 0.6) is 0 Å². The van der Waals surface area contributed by atoms with Gasteiger partial charge in [-0.2, -0.15) is 0 Å². The van der Waals surface area contributed by atoms with Crippen LogP contribution in [-0.2, 0) is 9.84 Å². The van der Waals surface area contributed by atoms with Crippen molar-refractivity contribution in [2.24, 2.45) is 0 Å². The molecule has 7 nitrogen and oxygen atoms in total. The van der Waals surface area contributed by atoms with Gasteiger partial charge in [-0.3, -0.25) is 0 Å². The SMILES string of the molecule is Cc1c(S(=O)(=O)c2cccc(Br)c2)nnn1-c1cccc(C(=O)O)c1. The van der Waals surface area contributed by atoms with Crippen LogP contribution in [0.4, 0.5) is 0 Å².